The molecule has 3 fully saturated rings. The smallest absolute Gasteiger partial charge is 0.270 e. The molecule has 0 spiro atoms. The van der Waals surface area contributed by atoms with Gasteiger partial charge in [-0.1, -0.05) is 24.6 Å². The standard InChI is InChI=1S/C64H69F2N7O10S2/c1-67-62(75)58-49-31-47(52(70(4)84(6,78)79)33-55(49)82-60(58)40-18-22-45(65)23-19-40)43-15-10-26-72(35-43)57(74)29-38-12-9-13-39(28-38)37-85(80,81)71(5)53-34-56-50(59(63(76)68-2)61(83-56)41-20-24-46(66)25-21-41)32-48(53)44-16-11-27-73(36-44)64(77)54-30-42-14-7-8-17-51(42)69(54)3/h7-8,14,17-25,30-34,38-39,43-44H,9-13,15-16,26-29,35-37H2,1-6H3,(H,67,75)(H,68,76)/t38?,39?,43-,44-/m1/s1. The fourth-order valence-corrected chi connectivity index (χ4v) is 15.3. The second-order valence-electron chi connectivity index (χ2n) is 23.1. The number of benzene rings is 5. The summed E-state index contributed by atoms with van der Waals surface area (Å²) in [7, 11) is -0.0719. The predicted octanol–water partition coefficient (Wildman–Crippen LogP) is 10.8. The Balaban J connectivity index is 0.851. The summed E-state index contributed by atoms with van der Waals surface area (Å²) in [5.41, 5.74) is 5.19. The summed E-state index contributed by atoms with van der Waals surface area (Å²) in [6, 6.07) is 27.6. The number of amides is 4. The number of rotatable bonds is 15. The molecule has 4 atom stereocenters. The SMILES string of the molecule is CNC(=O)c1c(-c2ccc(F)cc2)oc2cc(N(C)S(C)(=O)=O)c([C@@H]3CCCN(C(=O)CC4CCCC(CS(=O)(=O)N(C)c5cc6oc(-c7ccc(F)cc7)c(C(=O)NC)c6cc5[C@@H]5CCCN(C(=O)c6cc7ccccc7n6C)C5)C4)C3)cc12. The van der Waals surface area contributed by atoms with Crippen LogP contribution in [0.2, 0.25) is 0 Å². The number of halogens is 2. The molecule has 3 aromatic heterocycles. The van der Waals surface area contributed by atoms with Crippen LogP contribution in [0.15, 0.2) is 112 Å². The molecule has 17 nitrogen and oxygen atoms in total. The largest absolute Gasteiger partial charge is 0.455 e. The molecule has 0 bridgehead atoms. The molecule has 8 aromatic rings. The molecule has 5 heterocycles. The lowest BCUT2D eigenvalue weighted by Gasteiger charge is -2.37. The molecule has 11 rings (SSSR count). The minimum absolute atomic E-state index is 0.0877. The third kappa shape index (κ3) is 11.5. The summed E-state index contributed by atoms with van der Waals surface area (Å²) in [4.78, 5) is 59.9. The first-order valence-corrected chi connectivity index (χ1v) is 32.3. The van der Waals surface area contributed by atoms with E-state index in [0.29, 0.717) is 108 Å². The van der Waals surface area contributed by atoms with Gasteiger partial charge in [-0.15, -0.1) is 0 Å². The number of hydrogen-bond donors (Lipinski definition) is 2. The van der Waals surface area contributed by atoms with Gasteiger partial charge >= 0.3 is 0 Å². The van der Waals surface area contributed by atoms with Crippen molar-refractivity contribution >= 4 is 87.9 Å². The zero-order chi connectivity index (χ0) is 60.2. The van der Waals surface area contributed by atoms with E-state index in [-0.39, 0.29) is 94.6 Å². The van der Waals surface area contributed by atoms with E-state index >= 15 is 8.42 Å². The van der Waals surface area contributed by atoms with Crippen LogP contribution in [-0.4, -0.2) is 121 Å². The van der Waals surface area contributed by atoms with Crippen LogP contribution < -0.4 is 19.2 Å². The maximum absolute atomic E-state index is 15.0. The zero-order valence-electron chi connectivity index (χ0n) is 48.4. The fourth-order valence-electron chi connectivity index (χ4n) is 13.2. The maximum Gasteiger partial charge on any atom is 0.270 e. The van der Waals surface area contributed by atoms with Gasteiger partial charge in [0, 0.05) is 125 Å². The molecule has 446 valence electrons. The van der Waals surface area contributed by atoms with Crippen molar-refractivity contribution in [1.29, 1.82) is 0 Å². The minimum Gasteiger partial charge on any atom is -0.455 e. The van der Waals surface area contributed by atoms with Gasteiger partial charge in [-0.05, 0) is 141 Å². The Kier molecular flexibility index (Phi) is 16.2. The lowest BCUT2D eigenvalue weighted by Crippen LogP contribution is -2.41. The fraction of sp³-hybridized carbons (Fsp3) is 0.375. The molecule has 4 amide bonds. The van der Waals surface area contributed by atoms with Gasteiger partial charge in [0.2, 0.25) is 26.0 Å². The van der Waals surface area contributed by atoms with Gasteiger partial charge in [0.15, 0.2) is 0 Å². The molecular weight excluding hydrogens is 1130 g/mol. The molecular formula is C64H69F2N7O10S2. The molecule has 2 aliphatic heterocycles. The lowest BCUT2D eigenvalue weighted by molar-refractivity contribution is -0.133. The number of aromatic nitrogens is 1. The van der Waals surface area contributed by atoms with Crippen molar-refractivity contribution in [2.75, 3.05) is 75.0 Å². The molecule has 5 aromatic carbocycles. The number of furan rings is 2. The number of nitrogens with zero attached hydrogens (tertiary/aromatic N) is 5. The van der Waals surface area contributed by atoms with Crippen molar-refractivity contribution in [3.05, 3.63) is 143 Å². The first-order chi connectivity index (χ1) is 40.6. The highest BCUT2D eigenvalue weighted by molar-refractivity contribution is 7.92. The second-order valence-corrected chi connectivity index (χ2v) is 27.2. The third-order valence-electron chi connectivity index (χ3n) is 17.7. The second kappa shape index (κ2) is 23.4. The first kappa shape index (κ1) is 58.7. The summed E-state index contributed by atoms with van der Waals surface area (Å²) in [6.45, 7) is 1.52. The summed E-state index contributed by atoms with van der Waals surface area (Å²) in [6.07, 6.45) is 6.34. The van der Waals surface area contributed by atoms with Crippen LogP contribution in [0.5, 0.6) is 0 Å². The van der Waals surface area contributed by atoms with Crippen LogP contribution in [-0.2, 0) is 31.9 Å². The van der Waals surface area contributed by atoms with Gasteiger partial charge in [0.1, 0.15) is 40.0 Å². The minimum atomic E-state index is -4.09. The molecule has 1 saturated carbocycles. The number of hydrogen-bond acceptors (Lipinski definition) is 10. The number of fused-ring (bicyclic) bond motifs is 3. The summed E-state index contributed by atoms with van der Waals surface area (Å²) >= 11 is 0. The number of anilines is 2. The molecule has 2 unspecified atom stereocenters. The van der Waals surface area contributed by atoms with Crippen LogP contribution in [0.4, 0.5) is 20.2 Å². The molecule has 85 heavy (non-hydrogen) atoms. The lowest BCUT2D eigenvalue weighted by atomic mass is 9.80. The summed E-state index contributed by atoms with van der Waals surface area (Å²) in [5.74, 6) is -2.99. The Morgan fingerprint density at radius 1 is 0.635 bits per heavy atom. The Morgan fingerprint density at radius 2 is 1.14 bits per heavy atom. The maximum atomic E-state index is 15.0. The van der Waals surface area contributed by atoms with Crippen molar-refractivity contribution in [2.45, 2.75) is 69.6 Å². The number of carbonyl (C=O) groups excluding carboxylic acids is 4. The Morgan fingerprint density at radius 3 is 1.67 bits per heavy atom. The van der Waals surface area contributed by atoms with E-state index in [1.807, 2.05) is 52.9 Å². The number of sulfonamides is 2. The number of aryl methyl sites for hydroxylation is 1. The van der Waals surface area contributed by atoms with Crippen LogP contribution in [0.1, 0.15) is 112 Å². The highest BCUT2D eigenvalue weighted by Crippen LogP contribution is 2.45. The topological polar surface area (TPSA) is 205 Å². The van der Waals surface area contributed by atoms with Crippen LogP contribution in [0, 0.1) is 23.5 Å². The number of carbonyl (C=O) groups is 4. The molecule has 1 aliphatic carbocycles. The van der Waals surface area contributed by atoms with Gasteiger partial charge in [0.05, 0.1) is 34.5 Å². The average Bonchev–Trinajstić information content (AvgIpc) is 1.93. The predicted molar refractivity (Wildman–Crippen MR) is 325 cm³/mol. The Hall–Kier alpha value is -8.04. The number of piperidine rings is 2. The van der Waals surface area contributed by atoms with Gasteiger partial charge in [-0.2, -0.15) is 0 Å². The van der Waals surface area contributed by atoms with E-state index in [2.05, 4.69) is 10.6 Å². The van der Waals surface area contributed by atoms with Gasteiger partial charge in [-0.3, -0.25) is 27.8 Å². The molecule has 2 N–H and O–H groups in total. The summed E-state index contributed by atoms with van der Waals surface area (Å²) < 4.78 is 102. The van der Waals surface area contributed by atoms with Crippen molar-refractivity contribution in [2.24, 2.45) is 18.9 Å². The molecule has 2 saturated heterocycles. The summed E-state index contributed by atoms with van der Waals surface area (Å²) in [5, 5.41) is 7.20. The van der Waals surface area contributed by atoms with Gasteiger partial charge < -0.3 is 33.8 Å². The zero-order valence-corrected chi connectivity index (χ0v) is 50.0. The molecule has 21 heteroatoms. The van der Waals surface area contributed by atoms with E-state index in [4.69, 9.17) is 8.83 Å². The van der Waals surface area contributed by atoms with Crippen LogP contribution in [0.25, 0.3) is 55.5 Å². The Bertz CT molecular complexity index is 4160. The van der Waals surface area contributed by atoms with Crippen molar-refractivity contribution in [1.82, 2.24) is 25.0 Å². The van der Waals surface area contributed by atoms with Gasteiger partial charge in [-0.25, -0.2) is 25.6 Å². The van der Waals surface area contributed by atoms with E-state index < -0.39 is 43.5 Å². The normalized spacial score (nSPS) is 18.7. The van der Waals surface area contributed by atoms with Crippen molar-refractivity contribution < 1.29 is 53.6 Å². The highest BCUT2D eigenvalue weighted by Gasteiger charge is 2.37. The van der Waals surface area contributed by atoms with Crippen LogP contribution in [0.3, 0.4) is 0 Å². The monoisotopic (exact) mass is 1200 g/mol. The number of para-hydroxylation sites is 1. The Labute approximate surface area is 493 Å². The van der Waals surface area contributed by atoms with Crippen molar-refractivity contribution in [3.63, 3.8) is 0 Å². The van der Waals surface area contributed by atoms with E-state index in [9.17, 15) is 36.4 Å². The van der Waals surface area contributed by atoms with Crippen LogP contribution >= 0.6 is 0 Å². The van der Waals surface area contributed by atoms with Crippen molar-refractivity contribution in [3.8, 4) is 22.6 Å². The number of likely N-dealkylation sites (tertiary alicyclic amines) is 2. The first-order valence-electron chi connectivity index (χ1n) is 28.8. The van der Waals surface area contributed by atoms with E-state index in [0.717, 1.165) is 23.6 Å². The van der Waals surface area contributed by atoms with E-state index in [1.165, 1.54) is 85.3 Å². The molecule has 0 radical (unpaired) electrons. The highest BCUT2D eigenvalue weighted by atomic mass is 32.2. The average molecular weight is 1200 g/mol. The molecule has 3 aliphatic rings. The number of nitrogens with one attached hydrogen (secondary N) is 2. The third-order valence-corrected chi connectivity index (χ3v) is 20.8. The van der Waals surface area contributed by atoms with Gasteiger partial charge in [0.25, 0.3) is 17.7 Å². The quantitative estimate of drug-likeness (QED) is 0.0993. The van der Waals surface area contributed by atoms with E-state index in [1.54, 1.807) is 23.1 Å².